The lowest BCUT2D eigenvalue weighted by Gasteiger charge is -2.26. The minimum atomic E-state index is -0.0314. The first-order valence-corrected chi connectivity index (χ1v) is 6.65. The number of phenols is 1. The van der Waals surface area contributed by atoms with Crippen molar-refractivity contribution in [2.75, 3.05) is 26.0 Å². The zero-order chi connectivity index (χ0) is 11.5. The van der Waals surface area contributed by atoms with E-state index in [2.05, 4.69) is 5.32 Å². The van der Waals surface area contributed by atoms with Gasteiger partial charge in [-0.1, -0.05) is 6.07 Å². The van der Waals surface area contributed by atoms with Crippen LogP contribution in [-0.2, 0) is 4.74 Å². The van der Waals surface area contributed by atoms with Crippen LogP contribution in [0.15, 0.2) is 17.0 Å². The second-order valence-corrected chi connectivity index (χ2v) is 4.76. The highest BCUT2D eigenvalue weighted by atomic mass is 32.2. The van der Waals surface area contributed by atoms with E-state index in [0.717, 1.165) is 29.1 Å². The van der Waals surface area contributed by atoms with Gasteiger partial charge < -0.3 is 15.2 Å². The van der Waals surface area contributed by atoms with Gasteiger partial charge in [0.15, 0.2) is 0 Å². The molecule has 1 fully saturated rings. The normalized spacial score (nSPS) is 21.0. The number of hydrogen-bond donors (Lipinski definition) is 2. The second kappa shape index (κ2) is 5.08. The van der Waals surface area contributed by atoms with Crippen molar-refractivity contribution < 1.29 is 9.84 Å². The molecular formula is C12H17NO2S. The minimum Gasteiger partial charge on any atom is -0.507 e. The molecule has 2 rings (SSSR count). The SMILES string of the molecule is CSc1ccc(C)c(O)c1C1CNCCO1. The van der Waals surface area contributed by atoms with E-state index >= 15 is 0 Å². The third-order valence-corrected chi connectivity index (χ3v) is 3.64. The van der Waals surface area contributed by atoms with E-state index in [-0.39, 0.29) is 6.10 Å². The van der Waals surface area contributed by atoms with Crippen molar-refractivity contribution in [2.24, 2.45) is 0 Å². The number of morpholine rings is 1. The first-order chi connectivity index (χ1) is 7.74. The van der Waals surface area contributed by atoms with E-state index in [1.807, 2.05) is 25.3 Å². The van der Waals surface area contributed by atoms with E-state index in [1.54, 1.807) is 11.8 Å². The van der Waals surface area contributed by atoms with Gasteiger partial charge >= 0.3 is 0 Å². The fraction of sp³-hybridized carbons (Fsp3) is 0.500. The number of nitrogens with one attached hydrogen (secondary N) is 1. The van der Waals surface area contributed by atoms with Gasteiger partial charge in [-0.15, -0.1) is 11.8 Å². The summed E-state index contributed by atoms with van der Waals surface area (Å²) in [5.74, 6) is 0.376. The van der Waals surface area contributed by atoms with E-state index in [4.69, 9.17) is 4.74 Å². The first kappa shape index (κ1) is 11.8. The second-order valence-electron chi connectivity index (χ2n) is 3.91. The summed E-state index contributed by atoms with van der Waals surface area (Å²) in [5.41, 5.74) is 1.83. The van der Waals surface area contributed by atoms with Gasteiger partial charge in [-0.3, -0.25) is 0 Å². The Morgan fingerprint density at radius 3 is 2.94 bits per heavy atom. The van der Waals surface area contributed by atoms with Crippen LogP contribution in [0.25, 0.3) is 0 Å². The molecule has 2 N–H and O–H groups in total. The molecule has 1 saturated heterocycles. The lowest BCUT2D eigenvalue weighted by atomic mass is 10.0. The maximum absolute atomic E-state index is 10.1. The summed E-state index contributed by atoms with van der Waals surface area (Å²) in [6.45, 7) is 4.27. The van der Waals surface area contributed by atoms with Crippen molar-refractivity contribution in [3.63, 3.8) is 0 Å². The molecular weight excluding hydrogens is 222 g/mol. The van der Waals surface area contributed by atoms with Crippen LogP contribution in [0.1, 0.15) is 17.2 Å². The van der Waals surface area contributed by atoms with Crippen molar-refractivity contribution in [1.29, 1.82) is 0 Å². The molecule has 1 aliphatic rings. The Kier molecular flexibility index (Phi) is 3.74. The maximum Gasteiger partial charge on any atom is 0.125 e. The summed E-state index contributed by atoms with van der Waals surface area (Å²) in [4.78, 5) is 1.09. The molecule has 0 amide bonds. The molecule has 0 spiro atoms. The third-order valence-electron chi connectivity index (χ3n) is 2.85. The molecule has 4 heteroatoms. The fourth-order valence-corrected chi connectivity index (χ4v) is 2.59. The standard InChI is InChI=1S/C12H17NO2S/c1-8-3-4-10(16-2)11(12(8)14)9-7-13-5-6-15-9/h3-4,9,13-14H,5-7H2,1-2H3. The van der Waals surface area contributed by atoms with Crippen LogP contribution < -0.4 is 5.32 Å². The molecule has 1 aromatic carbocycles. The smallest absolute Gasteiger partial charge is 0.125 e. The molecule has 0 aromatic heterocycles. The topological polar surface area (TPSA) is 41.5 Å². The fourth-order valence-electron chi connectivity index (χ4n) is 1.94. The van der Waals surface area contributed by atoms with E-state index in [0.29, 0.717) is 12.4 Å². The van der Waals surface area contributed by atoms with Gasteiger partial charge in [0.1, 0.15) is 5.75 Å². The Hall–Kier alpha value is -0.710. The molecule has 88 valence electrons. The monoisotopic (exact) mass is 239 g/mol. The van der Waals surface area contributed by atoms with Crippen LogP contribution >= 0.6 is 11.8 Å². The summed E-state index contributed by atoms with van der Waals surface area (Å²) in [7, 11) is 0. The van der Waals surface area contributed by atoms with Crippen molar-refractivity contribution in [1.82, 2.24) is 5.32 Å². The summed E-state index contributed by atoms with van der Waals surface area (Å²) in [6.07, 6.45) is 1.99. The van der Waals surface area contributed by atoms with Gasteiger partial charge in [0, 0.05) is 23.5 Å². The number of phenolic OH excluding ortho intramolecular Hbond substituents is 1. The predicted octanol–water partition coefficient (Wildman–Crippen LogP) is 2.08. The number of benzene rings is 1. The van der Waals surface area contributed by atoms with Gasteiger partial charge in [-0.25, -0.2) is 0 Å². The Balaban J connectivity index is 2.39. The molecule has 1 unspecified atom stereocenters. The van der Waals surface area contributed by atoms with Gasteiger partial charge in [0.2, 0.25) is 0 Å². The van der Waals surface area contributed by atoms with Crippen molar-refractivity contribution in [2.45, 2.75) is 17.9 Å². The van der Waals surface area contributed by atoms with Gasteiger partial charge in [0.25, 0.3) is 0 Å². The van der Waals surface area contributed by atoms with E-state index < -0.39 is 0 Å². The number of thioether (sulfide) groups is 1. The summed E-state index contributed by atoms with van der Waals surface area (Å²) in [6, 6.07) is 3.99. The molecule has 1 aromatic rings. The predicted molar refractivity (Wildman–Crippen MR) is 66.2 cm³/mol. The number of rotatable bonds is 2. The van der Waals surface area contributed by atoms with Crippen molar-refractivity contribution in [3.05, 3.63) is 23.3 Å². The highest BCUT2D eigenvalue weighted by Crippen LogP contribution is 2.37. The molecule has 1 heterocycles. The molecule has 0 bridgehead atoms. The quantitative estimate of drug-likeness (QED) is 0.775. The molecule has 0 saturated carbocycles. The van der Waals surface area contributed by atoms with Crippen LogP contribution in [0.4, 0.5) is 0 Å². The van der Waals surface area contributed by atoms with Crippen LogP contribution in [0, 0.1) is 6.92 Å². The molecule has 16 heavy (non-hydrogen) atoms. The molecule has 1 aliphatic heterocycles. The molecule has 0 aliphatic carbocycles. The first-order valence-electron chi connectivity index (χ1n) is 5.43. The largest absolute Gasteiger partial charge is 0.507 e. The van der Waals surface area contributed by atoms with Crippen LogP contribution in [0.3, 0.4) is 0 Å². The Labute approximate surface area is 100 Å². The summed E-state index contributed by atoms with van der Waals surface area (Å²) < 4.78 is 5.71. The Bertz CT molecular complexity index is 376. The highest BCUT2D eigenvalue weighted by molar-refractivity contribution is 7.98. The lowest BCUT2D eigenvalue weighted by molar-refractivity contribution is 0.0246. The van der Waals surface area contributed by atoms with Crippen LogP contribution in [0.5, 0.6) is 5.75 Å². The Morgan fingerprint density at radius 2 is 2.31 bits per heavy atom. The molecule has 1 atom stereocenters. The van der Waals surface area contributed by atoms with Crippen LogP contribution in [-0.4, -0.2) is 31.1 Å². The van der Waals surface area contributed by atoms with Gasteiger partial charge in [-0.05, 0) is 24.8 Å². The Morgan fingerprint density at radius 1 is 1.50 bits per heavy atom. The lowest BCUT2D eigenvalue weighted by Crippen LogP contribution is -2.33. The average molecular weight is 239 g/mol. The van der Waals surface area contributed by atoms with Crippen molar-refractivity contribution in [3.8, 4) is 5.75 Å². The summed E-state index contributed by atoms with van der Waals surface area (Å²) >= 11 is 1.64. The van der Waals surface area contributed by atoms with E-state index in [9.17, 15) is 5.11 Å². The highest BCUT2D eigenvalue weighted by Gasteiger charge is 2.22. The average Bonchev–Trinajstić information content (AvgIpc) is 2.33. The maximum atomic E-state index is 10.1. The number of aryl methyl sites for hydroxylation is 1. The van der Waals surface area contributed by atoms with Crippen LogP contribution in [0.2, 0.25) is 0 Å². The third kappa shape index (κ3) is 2.19. The van der Waals surface area contributed by atoms with Gasteiger partial charge in [-0.2, -0.15) is 0 Å². The number of ether oxygens (including phenoxy) is 1. The van der Waals surface area contributed by atoms with Crippen molar-refractivity contribution >= 4 is 11.8 Å². The van der Waals surface area contributed by atoms with Gasteiger partial charge in [0.05, 0.1) is 12.7 Å². The molecule has 0 radical (unpaired) electrons. The summed E-state index contributed by atoms with van der Waals surface area (Å²) in [5, 5.41) is 13.4. The number of aromatic hydroxyl groups is 1. The zero-order valence-corrected chi connectivity index (χ0v) is 10.4. The zero-order valence-electron chi connectivity index (χ0n) is 9.62. The molecule has 3 nitrogen and oxygen atoms in total. The number of hydrogen-bond acceptors (Lipinski definition) is 4. The van der Waals surface area contributed by atoms with E-state index in [1.165, 1.54) is 0 Å². The minimum absolute atomic E-state index is 0.0314.